The minimum Gasteiger partial charge on any atom is -0.295 e. The summed E-state index contributed by atoms with van der Waals surface area (Å²) < 4.78 is 2.60. The van der Waals surface area contributed by atoms with Crippen molar-refractivity contribution in [3.05, 3.63) is 56.5 Å². The summed E-state index contributed by atoms with van der Waals surface area (Å²) in [5, 5.41) is 12.5. The Kier molecular flexibility index (Phi) is 4.48. The van der Waals surface area contributed by atoms with Crippen LogP contribution in [0.5, 0.6) is 0 Å². The zero-order valence-corrected chi connectivity index (χ0v) is 15.1. The molecule has 5 nitrogen and oxygen atoms in total. The van der Waals surface area contributed by atoms with Crippen LogP contribution in [0, 0.1) is 13.8 Å². The maximum atomic E-state index is 6.12. The highest BCUT2D eigenvalue weighted by molar-refractivity contribution is 7.16. The van der Waals surface area contributed by atoms with E-state index < -0.39 is 0 Å². The molecule has 1 aromatic carbocycles. The van der Waals surface area contributed by atoms with Crippen molar-refractivity contribution in [2.45, 2.75) is 19.9 Å². The number of rotatable bonds is 4. The van der Waals surface area contributed by atoms with Gasteiger partial charge in [-0.2, -0.15) is 4.68 Å². The van der Waals surface area contributed by atoms with E-state index in [9.17, 15) is 0 Å². The SMILES string of the molecule is Cc1cccc(C)c1-n1nnnc1[C@H](c1ccc(Cl)s1)N(C)C. The molecule has 0 saturated heterocycles. The first-order chi connectivity index (χ1) is 11.0. The van der Waals surface area contributed by atoms with Crippen LogP contribution in [0.3, 0.4) is 0 Å². The molecule has 0 unspecified atom stereocenters. The Labute approximate surface area is 144 Å². The van der Waals surface area contributed by atoms with Gasteiger partial charge in [-0.05, 0) is 61.6 Å². The summed E-state index contributed by atoms with van der Waals surface area (Å²) in [5.41, 5.74) is 3.31. The molecule has 7 heteroatoms. The second-order valence-electron chi connectivity index (χ2n) is 5.70. The van der Waals surface area contributed by atoms with Gasteiger partial charge in [-0.1, -0.05) is 29.8 Å². The monoisotopic (exact) mass is 347 g/mol. The number of tetrazole rings is 1. The van der Waals surface area contributed by atoms with Gasteiger partial charge in [0, 0.05) is 4.88 Å². The van der Waals surface area contributed by atoms with Crippen molar-refractivity contribution in [2.24, 2.45) is 0 Å². The lowest BCUT2D eigenvalue weighted by atomic mass is 10.1. The van der Waals surface area contributed by atoms with Crippen molar-refractivity contribution < 1.29 is 0 Å². The minimum absolute atomic E-state index is 0.0542. The molecule has 0 radical (unpaired) electrons. The van der Waals surface area contributed by atoms with Gasteiger partial charge in [0.15, 0.2) is 5.82 Å². The van der Waals surface area contributed by atoms with Crippen LogP contribution in [0.2, 0.25) is 4.34 Å². The molecule has 0 spiro atoms. The first-order valence-corrected chi connectivity index (χ1v) is 8.45. The van der Waals surface area contributed by atoms with Crippen molar-refractivity contribution >= 4 is 22.9 Å². The van der Waals surface area contributed by atoms with Crippen molar-refractivity contribution in [2.75, 3.05) is 14.1 Å². The molecule has 0 aliphatic carbocycles. The molecular weight excluding hydrogens is 330 g/mol. The number of aromatic nitrogens is 4. The van der Waals surface area contributed by atoms with Gasteiger partial charge in [0.1, 0.15) is 6.04 Å². The topological polar surface area (TPSA) is 46.8 Å². The van der Waals surface area contributed by atoms with Gasteiger partial charge in [-0.3, -0.25) is 4.90 Å². The van der Waals surface area contributed by atoms with E-state index in [1.54, 1.807) is 11.3 Å². The fourth-order valence-electron chi connectivity index (χ4n) is 2.75. The summed E-state index contributed by atoms with van der Waals surface area (Å²) in [6, 6.07) is 10.1. The molecule has 0 aliphatic rings. The van der Waals surface area contributed by atoms with Crippen LogP contribution >= 0.6 is 22.9 Å². The molecule has 120 valence electrons. The molecule has 0 saturated carbocycles. The molecule has 3 rings (SSSR count). The summed E-state index contributed by atoms with van der Waals surface area (Å²) in [4.78, 5) is 3.21. The summed E-state index contributed by atoms with van der Waals surface area (Å²) >= 11 is 7.67. The number of para-hydroxylation sites is 1. The Balaban J connectivity index is 2.16. The lowest BCUT2D eigenvalue weighted by Gasteiger charge is -2.23. The normalized spacial score (nSPS) is 12.8. The molecule has 0 N–H and O–H groups in total. The summed E-state index contributed by atoms with van der Waals surface area (Å²) in [5.74, 6) is 0.783. The van der Waals surface area contributed by atoms with E-state index in [2.05, 4.69) is 46.4 Å². The number of nitrogens with zero attached hydrogens (tertiary/aromatic N) is 5. The van der Waals surface area contributed by atoms with E-state index in [1.807, 2.05) is 37.0 Å². The highest BCUT2D eigenvalue weighted by Crippen LogP contribution is 2.34. The predicted octanol–water partition coefficient (Wildman–Crippen LogP) is 3.65. The molecular formula is C16H18ClN5S. The van der Waals surface area contributed by atoms with Crippen LogP contribution in [-0.2, 0) is 0 Å². The molecule has 0 amide bonds. The van der Waals surface area contributed by atoms with Crippen LogP contribution in [0.15, 0.2) is 30.3 Å². The first-order valence-electron chi connectivity index (χ1n) is 7.25. The van der Waals surface area contributed by atoms with Crippen LogP contribution in [0.1, 0.15) is 27.9 Å². The van der Waals surface area contributed by atoms with Crippen LogP contribution in [0.4, 0.5) is 0 Å². The standard InChI is InChI=1S/C16H18ClN5S/c1-10-6-5-7-11(2)14(10)22-16(18-19-20-22)15(21(3)4)12-8-9-13(17)23-12/h5-9,15H,1-4H3/t15-/m0/s1. The maximum Gasteiger partial charge on any atom is 0.179 e. The number of halogens is 1. The zero-order valence-electron chi connectivity index (χ0n) is 13.5. The Morgan fingerprint density at radius 2 is 1.83 bits per heavy atom. The third-order valence-corrected chi connectivity index (χ3v) is 5.05. The zero-order chi connectivity index (χ0) is 16.6. The molecule has 3 aromatic rings. The van der Waals surface area contributed by atoms with E-state index in [1.165, 1.54) is 0 Å². The van der Waals surface area contributed by atoms with Gasteiger partial charge in [-0.25, -0.2) is 0 Å². The highest BCUT2D eigenvalue weighted by Gasteiger charge is 2.26. The molecule has 2 heterocycles. The molecule has 0 fully saturated rings. The van der Waals surface area contributed by atoms with Gasteiger partial charge < -0.3 is 0 Å². The minimum atomic E-state index is -0.0542. The third-order valence-electron chi connectivity index (χ3n) is 3.77. The number of benzene rings is 1. The molecule has 2 aromatic heterocycles. The lowest BCUT2D eigenvalue weighted by Crippen LogP contribution is -2.24. The van der Waals surface area contributed by atoms with Gasteiger partial charge in [0.05, 0.1) is 10.0 Å². The molecule has 23 heavy (non-hydrogen) atoms. The maximum absolute atomic E-state index is 6.12. The van der Waals surface area contributed by atoms with Crippen LogP contribution < -0.4 is 0 Å². The van der Waals surface area contributed by atoms with Crippen molar-refractivity contribution in [3.8, 4) is 5.69 Å². The number of hydrogen-bond donors (Lipinski definition) is 0. The number of hydrogen-bond acceptors (Lipinski definition) is 5. The van der Waals surface area contributed by atoms with Gasteiger partial charge >= 0.3 is 0 Å². The summed E-state index contributed by atoms with van der Waals surface area (Å²) in [6.07, 6.45) is 0. The molecule has 1 atom stereocenters. The van der Waals surface area contributed by atoms with E-state index in [0.29, 0.717) is 0 Å². The average Bonchev–Trinajstić information content (AvgIpc) is 3.09. The fraction of sp³-hybridized carbons (Fsp3) is 0.312. The Bertz CT molecular complexity index is 803. The Morgan fingerprint density at radius 3 is 2.39 bits per heavy atom. The Morgan fingerprint density at radius 1 is 1.13 bits per heavy atom. The smallest absolute Gasteiger partial charge is 0.179 e. The summed E-state index contributed by atoms with van der Waals surface area (Å²) in [7, 11) is 4.03. The van der Waals surface area contributed by atoms with Crippen molar-refractivity contribution in [3.63, 3.8) is 0 Å². The van der Waals surface area contributed by atoms with E-state index in [-0.39, 0.29) is 6.04 Å². The average molecular weight is 348 g/mol. The largest absolute Gasteiger partial charge is 0.295 e. The Hall–Kier alpha value is -1.76. The fourth-order valence-corrected chi connectivity index (χ4v) is 4.01. The third kappa shape index (κ3) is 3.02. The number of thiophene rings is 1. The second-order valence-corrected chi connectivity index (χ2v) is 7.44. The van der Waals surface area contributed by atoms with Gasteiger partial charge in [0.2, 0.25) is 0 Å². The predicted molar refractivity (Wildman–Crippen MR) is 93.5 cm³/mol. The van der Waals surface area contributed by atoms with E-state index >= 15 is 0 Å². The summed E-state index contributed by atoms with van der Waals surface area (Å²) in [6.45, 7) is 4.14. The number of aryl methyl sites for hydroxylation is 2. The van der Waals surface area contributed by atoms with E-state index in [4.69, 9.17) is 11.6 Å². The molecule has 0 aliphatic heterocycles. The highest BCUT2D eigenvalue weighted by atomic mass is 35.5. The first kappa shape index (κ1) is 16.1. The van der Waals surface area contributed by atoms with Crippen LogP contribution in [0.25, 0.3) is 5.69 Å². The molecule has 0 bridgehead atoms. The van der Waals surface area contributed by atoms with Crippen molar-refractivity contribution in [1.82, 2.24) is 25.1 Å². The van der Waals surface area contributed by atoms with Crippen LogP contribution in [-0.4, -0.2) is 39.2 Å². The quantitative estimate of drug-likeness (QED) is 0.722. The van der Waals surface area contributed by atoms with Crippen molar-refractivity contribution in [1.29, 1.82) is 0 Å². The second kappa shape index (κ2) is 6.39. The van der Waals surface area contributed by atoms with E-state index in [0.717, 1.165) is 31.9 Å². The van der Waals surface area contributed by atoms with Gasteiger partial charge in [-0.15, -0.1) is 16.4 Å². The van der Waals surface area contributed by atoms with Gasteiger partial charge in [0.25, 0.3) is 0 Å². The lowest BCUT2D eigenvalue weighted by molar-refractivity contribution is 0.329.